The molecule has 4 rings (SSSR count). The third kappa shape index (κ3) is 2.84. The normalized spacial score (nSPS) is 13.0. The summed E-state index contributed by atoms with van der Waals surface area (Å²) in [7, 11) is 0. The Hall–Kier alpha value is -2.88. The van der Waals surface area contributed by atoms with Gasteiger partial charge in [0, 0.05) is 18.0 Å². The van der Waals surface area contributed by atoms with E-state index in [0.29, 0.717) is 0 Å². The highest BCUT2D eigenvalue weighted by molar-refractivity contribution is 5.87. The van der Waals surface area contributed by atoms with Crippen molar-refractivity contribution in [2.24, 2.45) is 0 Å². The molecule has 0 aliphatic carbocycles. The molecule has 3 aromatic rings. The van der Waals surface area contributed by atoms with Crippen molar-refractivity contribution in [3.05, 3.63) is 64.6 Å². The Kier molecular flexibility index (Phi) is 4.18. The fourth-order valence-electron chi connectivity index (χ4n) is 3.83. The molecule has 0 spiro atoms. The number of benzene rings is 1. The van der Waals surface area contributed by atoms with E-state index < -0.39 is 0 Å². The second-order valence-corrected chi connectivity index (χ2v) is 8.73. The number of fused-ring (bicyclic) bond motifs is 2. The van der Waals surface area contributed by atoms with Crippen LogP contribution in [0.3, 0.4) is 0 Å². The molecular formula is C24H27N3O. The van der Waals surface area contributed by atoms with Crippen LogP contribution in [0.25, 0.3) is 0 Å². The predicted octanol–water partition coefficient (Wildman–Crippen LogP) is 6.58. The summed E-state index contributed by atoms with van der Waals surface area (Å²) in [5.74, 6) is 2.47. The molecule has 4 nitrogen and oxygen atoms in total. The topological polar surface area (TPSA) is 38.3 Å². The summed E-state index contributed by atoms with van der Waals surface area (Å²) < 4.78 is 6.30. The van der Waals surface area contributed by atoms with Crippen LogP contribution in [0.5, 0.6) is 11.5 Å². The smallest absolute Gasteiger partial charge is 0.181 e. The van der Waals surface area contributed by atoms with Crippen LogP contribution >= 0.6 is 0 Å². The van der Waals surface area contributed by atoms with Crippen LogP contribution in [-0.2, 0) is 5.41 Å². The fraction of sp³-hybridized carbons (Fsp3) is 0.333. The standard InChI is InChI=1S/C24H27N3O/c1-14-8-9-26-23-22(14)28-21-17(4)12-25-13-19(21)27(23)20-15(2)10-18(11-16(20)3)24(5,6)7/h8-13H,1-7H3. The maximum absolute atomic E-state index is 6.30. The van der Waals surface area contributed by atoms with Crippen LogP contribution in [-0.4, -0.2) is 9.97 Å². The van der Waals surface area contributed by atoms with E-state index in [-0.39, 0.29) is 5.41 Å². The lowest BCUT2D eigenvalue weighted by atomic mass is 9.84. The number of aryl methyl sites for hydroxylation is 4. The maximum Gasteiger partial charge on any atom is 0.181 e. The minimum absolute atomic E-state index is 0.0991. The second-order valence-electron chi connectivity index (χ2n) is 8.73. The molecule has 1 aliphatic rings. The Labute approximate surface area is 167 Å². The highest BCUT2D eigenvalue weighted by Gasteiger charge is 2.31. The van der Waals surface area contributed by atoms with Gasteiger partial charge in [0.2, 0.25) is 0 Å². The lowest BCUT2D eigenvalue weighted by Gasteiger charge is -2.35. The largest absolute Gasteiger partial charge is 0.451 e. The minimum Gasteiger partial charge on any atom is -0.451 e. The van der Waals surface area contributed by atoms with Crippen molar-refractivity contribution >= 4 is 17.2 Å². The van der Waals surface area contributed by atoms with Crippen molar-refractivity contribution in [3.63, 3.8) is 0 Å². The Bertz CT molecular complexity index is 1010. The van der Waals surface area contributed by atoms with Crippen molar-refractivity contribution in [1.29, 1.82) is 0 Å². The zero-order chi connectivity index (χ0) is 20.2. The van der Waals surface area contributed by atoms with Gasteiger partial charge in [-0.05, 0) is 61.4 Å². The zero-order valence-electron chi connectivity index (χ0n) is 17.7. The first-order valence-electron chi connectivity index (χ1n) is 9.68. The monoisotopic (exact) mass is 373 g/mol. The fourth-order valence-corrected chi connectivity index (χ4v) is 3.83. The van der Waals surface area contributed by atoms with Gasteiger partial charge in [0.15, 0.2) is 17.3 Å². The molecule has 1 aliphatic heterocycles. The number of aromatic nitrogens is 2. The van der Waals surface area contributed by atoms with Crippen LogP contribution in [0.4, 0.5) is 17.2 Å². The van der Waals surface area contributed by atoms with Crippen LogP contribution in [0, 0.1) is 27.7 Å². The summed E-state index contributed by atoms with van der Waals surface area (Å²) in [6.07, 6.45) is 5.55. The van der Waals surface area contributed by atoms with E-state index in [4.69, 9.17) is 9.72 Å². The highest BCUT2D eigenvalue weighted by atomic mass is 16.5. The molecule has 0 unspecified atom stereocenters. The lowest BCUT2D eigenvalue weighted by Crippen LogP contribution is -2.21. The van der Waals surface area contributed by atoms with E-state index >= 15 is 0 Å². The van der Waals surface area contributed by atoms with E-state index in [1.807, 2.05) is 31.6 Å². The quantitative estimate of drug-likeness (QED) is 0.377. The molecule has 0 radical (unpaired) electrons. The Morgan fingerprint density at radius 3 is 2.18 bits per heavy atom. The van der Waals surface area contributed by atoms with Gasteiger partial charge >= 0.3 is 0 Å². The van der Waals surface area contributed by atoms with Crippen molar-refractivity contribution in [2.75, 3.05) is 4.90 Å². The average molecular weight is 374 g/mol. The summed E-state index contributed by atoms with van der Waals surface area (Å²) in [5.41, 5.74) is 8.02. The first-order valence-corrected chi connectivity index (χ1v) is 9.68. The van der Waals surface area contributed by atoms with Gasteiger partial charge < -0.3 is 4.74 Å². The van der Waals surface area contributed by atoms with Gasteiger partial charge in [0.05, 0.1) is 11.9 Å². The van der Waals surface area contributed by atoms with Crippen LogP contribution < -0.4 is 9.64 Å². The van der Waals surface area contributed by atoms with Crippen LogP contribution in [0.1, 0.15) is 48.6 Å². The average Bonchev–Trinajstić information content (AvgIpc) is 2.61. The molecule has 3 heterocycles. The maximum atomic E-state index is 6.30. The third-order valence-corrected chi connectivity index (χ3v) is 5.38. The number of hydrogen-bond donors (Lipinski definition) is 0. The molecular weight excluding hydrogens is 346 g/mol. The SMILES string of the molecule is Cc1cncc2c1Oc1c(C)ccnc1N2c1c(C)cc(C(C)(C)C)cc1C. The molecule has 0 atom stereocenters. The highest BCUT2D eigenvalue weighted by Crippen LogP contribution is 2.52. The van der Waals surface area contributed by atoms with E-state index in [9.17, 15) is 0 Å². The zero-order valence-corrected chi connectivity index (χ0v) is 17.7. The second kappa shape index (κ2) is 6.33. The van der Waals surface area contributed by atoms with Crippen molar-refractivity contribution < 1.29 is 4.74 Å². The third-order valence-electron chi connectivity index (χ3n) is 5.38. The van der Waals surface area contributed by atoms with Gasteiger partial charge in [0.1, 0.15) is 5.69 Å². The van der Waals surface area contributed by atoms with Gasteiger partial charge in [-0.15, -0.1) is 0 Å². The van der Waals surface area contributed by atoms with Gasteiger partial charge in [-0.1, -0.05) is 32.9 Å². The Morgan fingerprint density at radius 1 is 0.857 bits per heavy atom. The van der Waals surface area contributed by atoms with Crippen molar-refractivity contribution in [3.8, 4) is 11.5 Å². The molecule has 28 heavy (non-hydrogen) atoms. The Balaban J connectivity index is 2.02. The minimum atomic E-state index is 0.0991. The molecule has 0 fully saturated rings. The van der Waals surface area contributed by atoms with Gasteiger partial charge in [-0.25, -0.2) is 4.98 Å². The predicted molar refractivity (Wildman–Crippen MR) is 114 cm³/mol. The lowest BCUT2D eigenvalue weighted by molar-refractivity contribution is 0.465. The number of anilines is 3. The summed E-state index contributed by atoms with van der Waals surface area (Å²) >= 11 is 0. The van der Waals surface area contributed by atoms with Gasteiger partial charge in [-0.2, -0.15) is 0 Å². The van der Waals surface area contributed by atoms with E-state index in [0.717, 1.165) is 39.8 Å². The summed E-state index contributed by atoms with van der Waals surface area (Å²) in [6, 6.07) is 6.56. The van der Waals surface area contributed by atoms with Gasteiger partial charge in [-0.3, -0.25) is 9.88 Å². The first-order chi connectivity index (χ1) is 13.2. The van der Waals surface area contributed by atoms with E-state index in [1.54, 1.807) is 0 Å². The number of pyridine rings is 2. The van der Waals surface area contributed by atoms with Crippen LogP contribution in [0.2, 0.25) is 0 Å². The van der Waals surface area contributed by atoms with Gasteiger partial charge in [0.25, 0.3) is 0 Å². The van der Waals surface area contributed by atoms with E-state index in [2.05, 4.69) is 63.6 Å². The summed E-state index contributed by atoms with van der Waals surface area (Å²) in [5, 5.41) is 0. The number of hydrogen-bond acceptors (Lipinski definition) is 4. The number of ether oxygens (including phenoxy) is 1. The van der Waals surface area contributed by atoms with E-state index in [1.165, 1.54) is 16.7 Å². The molecule has 4 heteroatoms. The molecule has 0 saturated carbocycles. The molecule has 0 bridgehead atoms. The molecule has 144 valence electrons. The van der Waals surface area contributed by atoms with Crippen LogP contribution in [0.15, 0.2) is 36.8 Å². The molecule has 1 aromatic carbocycles. The first kappa shape index (κ1) is 18.5. The molecule has 0 saturated heterocycles. The summed E-state index contributed by atoms with van der Waals surface area (Å²) in [6.45, 7) is 15.2. The molecule has 2 aromatic heterocycles. The van der Waals surface area contributed by atoms with Crippen molar-refractivity contribution in [2.45, 2.75) is 53.9 Å². The molecule has 0 amide bonds. The number of nitrogens with zero attached hydrogens (tertiary/aromatic N) is 3. The van der Waals surface area contributed by atoms with Crippen molar-refractivity contribution in [1.82, 2.24) is 9.97 Å². The molecule has 0 N–H and O–H groups in total. The number of rotatable bonds is 1. The summed E-state index contributed by atoms with van der Waals surface area (Å²) in [4.78, 5) is 11.3. The Morgan fingerprint density at radius 2 is 1.54 bits per heavy atom.